The molecule has 45 heavy (non-hydrogen) atoms. The summed E-state index contributed by atoms with van der Waals surface area (Å²) in [6.07, 6.45) is 1.17. The molecule has 11 heteroatoms. The third-order valence-corrected chi connectivity index (χ3v) is 8.42. The molecule has 11 nitrogen and oxygen atoms in total. The van der Waals surface area contributed by atoms with E-state index in [1.54, 1.807) is 40.6 Å². The van der Waals surface area contributed by atoms with Gasteiger partial charge < -0.3 is 39.4 Å². The molecule has 5 rings (SSSR count). The maximum atomic E-state index is 13.6. The van der Waals surface area contributed by atoms with Crippen LogP contribution in [0.5, 0.6) is 23.0 Å². The number of aryl methyl sites for hydroxylation is 1. The first kappa shape index (κ1) is 31.5. The molecule has 3 aromatic rings. The van der Waals surface area contributed by atoms with Gasteiger partial charge >= 0.3 is 0 Å². The van der Waals surface area contributed by atoms with Gasteiger partial charge in [-0.25, -0.2) is 0 Å². The van der Waals surface area contributed by atoms with Gasteiger partial charge in [0.25, 0.3) is 0 Å². The number of nitrogens with one attached hydrogen (secondary N) is 2. The zero-order valence-electron chi connectivity index (χ0n) is 26.4. The van der Waals surface area contributed by atoms with Crippen molar-refractivity contribution in [3.8, 4) is 34.1 Å². The molecule has 1 heterocycles. The minimum absolute atomic E-state index is 0.0213. The van der Waals surface area contributed by atoms with E-state index in [0.717, 1.165) is 28.1 Å². The molecule has 0 aromatic heterocycles. The predicted molar refractivity (Wildman–Crippen MR) is 173 cm³/mol. The van der Waals surface area contributed by atoms with Crippen molar-refractivity contribution >= 4 is 23.2 Å². The van der Waals surface area contributed by atoms with Gasteiger partial charge in [-0.05, 0) is 72.0 Å². The van der Waals surface area contributed by atoms with Crippen molar-refractivity contribution in [1.29, 1.82) is 0 Å². The zero-order valence-corrected chi connectivity index (χ0v) is 26.4. The number of nitrogens with zero attached hydrogens (tertiary/aromatic N) is 2. The smallest absolute Gasteiger partial charge is 0.241 e. The quantitative estimate of drug-likeness (QED) is 0.372. The monoisotopic (exact) mass is 616 g/mol. The summed E-state index contributed by atoms with van der Waals surface area (Å²) in [4.78, 5) is 43.0. The Kier molecular flexibility index (Phi) is 9.65. The molecule has 2 amide bonds. The first-order valence-electron chi connectivity index (χ1n) is 15.0. The van der Waals surface area contributed by atoms with Crippen LogP contribution in [0.2, 0.25) is 0 Å². The highest BCUT2D eigenvalue weighted by Gasteiger charge is 2.29. The molecule has 238 valence electrons. The van der Waals surface area contributed by atoms with E-state index in [1.807, 2.05) is 41.3 Å². The number of amides is 2. The molecule has 2 aliphatic rings. The summed E-state index contributed by atoms with van der Waals surface area (Å²) in [6, 6.07) is 14.5. The lowest BCUT2D eigenvalue weighted by atomic mass is 9.95. The van der Waals surface area contributed by atoms with Crippen molar-refractivity contribution in [2.24, 2.45) is 0 Å². The van der Waals surface area contributed by atoms with E-state index in [-0.39, 0.29) is 29.5 Å². The average Bonchev–Trinajstić information content (AvgIpc) is 3.30. The van der Waals surface area contributed by atoms with Gasteiger partial charge in [-0.15, -0.1) is 0 Å². The molecule has 2 N–H and O–H groups in total. The van der Waals surface area contributed by atoms with E-state index in [1.165, 1.54) is 6.92 Å². The molecule has 1 aliphatic carbocycles. The molecule has 0 bridgehead atoms. The fourth-order valence-corrected chi connectivity index (χ4v) is 6.14. The number of hydrogen-bond acceptors (Lipinski definition) is 9. The summed E-state index contributed by atoms with van der Waals surface area (Å²) in [6.45, 7) is 4.00. The van der Waals surface area contributed by atoms with Gasteiger partial charge in [0.2, 0.25) is 23.0 Å². The summed E-state index contributed by atoms with van der Waals surface area (Å²) in [5, 5.41) is 6.09. The average molecular weight is 617 g/mol. The normalized spacial score (nSPS) is 15.6. The van der Waals surface area contributed by atoms with Crippen LogP contribution in [0, 0.1) is 0 Å². The summed E-state index contributed by atoms with van der Waals surface area (Å²) < 4.78 is 22.3. The maximum absolute atomic E-state index is 13.6. The van der Waals surface area contributed by atoms with Gasteiger partial charge in [0, 0.05) is 44.4 Å². The van der Waals surface area contributed by atoms with Crippen LogP contribution in [-0.4, -0.2) is 77.9 Å². The predicted octanol–water partition coefficient (Wildman–Crippen LogP) is 3.63. The Balaban J connectivity index is 1.39. The Morgan fingerprint density at radius 1 is 0.867 bits per heavy atom. The lowest BCUT2D eigenvalue weighted by Gasteiger charge is -2.36. The largest absolute Gasteiger partial charge is 0.497 e. The van der Waals surface area contributed by atoms with E-state index in [9.17, 15) is 14.4 Å². The lowest BCUT2D eigenvalue weighted by molar-refractivity contribution is -0.129. The molecule has 1 saturated heterocycles. The van der Waals surface area contributed by atoms with Crippen molar-refractivity contribution in [1.82, 2.24) is 10.2 Å². The number of rotatable bonds is 9. The van der Waals surface area contributed by atoms with Crippen LogP contribution in [-0.2, 0) is 16.0 Å². The number of methoxy groups -OCH3 is 4. The fraction of sp³-hybridized carbons (Fsp3) is 0.382. The molecule has 3 aromatic carbocycles. The standard InChI is InChI=1S/C34H40N4O7/c1-21(39)36-27-12-6-22-18-30(43-3)33(44-4)34(45-5)32(22)25-11-13-28(29(40)19-26(25)27)35-20-31(41)38-16-14-37(15-17-38)23-7-9-24(42-2)10-8-23/h7-11,13,18-19,27H,6,12,14-17,20H2,1-5H3,(H,35,40)(H,36,39). The Labute approximate surface area is 263 Å². The number of carbonyl (C=O) groups excluding carboxylic acids is 2. The van der Waals surface area contributed by atoms with Gasteiger partial charge in [-0.3, -0.25) is 14.4 Å². The van der Waals surface area contributed by atoms with E-state index in [0.29, 0.717) is 61.8 Å². The lowest BCUT2D eigenvalue weighted by Crippen LogP contribution is -2.50. The minimum Gasteiger partial charge on any atom is -0.497 e. The Bertz CT molecular complexity index is 1620. The van der Waals surface area contributed by atoms with Gasteiger partial charge in [-0.1, -0.05) is 6.07 Å². The molecular formula is C34H40N4O7. The second-order valence-corrected chi connectivity index (χ2v) is 11.0. The van der Waals surface area contributed by atoms with Crippen molar-refractivity contribution in [2.75, 3.05) is 71.4 Å². The van der Waals surface area contributed by atoms with E-state index < -0.39 is 6.04 Å². The second-order valence-electron chi connectivity index (χ2n) is 11.0. The first-order valence-corrected chi connectivity index (χ1v) is 15.0. The molecule has 0 radical (unpaired) electrons. The van der Waals surface area contributed by atoms with Gasteiger partial charge in [0.1, 0.15) is 5.75 Å². The van der Waals surface area contributed by atoms with E-state index >= 15 is 0 Å². The van der Waals surface area contributed by atoms with Crippen molar-refractivity contribution in [2.45, 2.75) is 25.8 Å². The van der Waals surface area contributed by atoms with Crippen LogP contribution in [0.4, 0.5) is 11.4 Å². The molecule has 1 atom stereocenters. The molecule has 0 spiro atoms. The van der Waals surface area contributed by atoms with Crippen LogP contribution < -0.4 is 39.9 Å². The summed E-state index contributed by atoms with van der Waals surface area (Å²) in [7, 11) is 6.31. The third-order valence-electron chi connectivity index (χ3n) is 8.42. The number of ether oxygens (including phenoxy) is 4. The van der Waals surface area contributed by atoms with Gasteiger partial charge in [0.15, 0.2) is 11.5 Å². The number of benzene rings is 2. The Morgan fingerprint density at radius 3 is 2.20 bits per heavy atom. The second kappa shape index (κ2) is 13.8. The zero-order chi connectivity index (χ0) is 32.1. The van der Waals surface area contributed by atoms with Crippen LogP contribution in [0.15, 0.2) is 53.3 Å². The van der Waals surface area contributed by atoms with E-state index in [4.69, 9.17) is 18.9 Å². The SMILES string of the molecule is COc1ccc(N2CCN(C(=O)CNc3ccc4c(cc3=O)C(NC(C)=O)CCc3cc(OC)c(OC)c(OC)c3-4)CC2)cc1. The van der Waals surface area contributed by atoms with Crippen molar-refractivity contribution in [3.63, 3.8) is 0 Å². The highest BCUT2D eigenvalue weighted by Crippen LogP contribution is 2.50. The topological polar surface area (TPSA) is 119 Å². The van der Waals surface area contributed by atoms with Crippen LogP contribution in [0.3, 0.4) is 0 Å². The van der Waals surface area contributed by atoms with Crippen molar-refractivity contribution < 1.29 is 28.5 Å². The van der Waals surface area contributed by atoms with Gasteiger partial charge in [0.05, 0.1) is 46.7 Å². The number of fused-ring (bicyclic) bond motifs is 3. The summed E-state index contributed by atoms with van der Waals surface area (Å²) in [5.41, 5.74) is 4.18. The molecule has 1 unspecified atom stereocenters. The van der Waals surface area contributed by atoms with Gasteiger partial charge in [-0.2, -0.15) is 0 Å². The Hall–Kier alpha value is -4.93. The molecule has 0 saturated carbocycles. The van der Waals surface area contributed by atoms with Crippen LogP contribution in [0.25, 0.3) is 11.1 Å². The summed E-state index contributed by atoms with van der Waals surface area (Å²) in [5.74, 6) is 1.96. The number of carbonyl (C=O) groups is 2. The van der Waals surface area contributed by atoms with Crippen LogP contribution >= 0.6 is 0 Å². The number of piperazine rings is 1. The number of hydrogen-bond donors (Lipinski definition) is 2. The van der Waals surface area contributed by atoms with Crippen molar-refractivity contribution in [3.05, 3.63) is 69.9 Å². The molecular weight excluding hydrogens is 576 g/mol. The van der Waals surface area contributed by atoms with E-state index in [2.05, 4.69) is 15.5 Å². The maximum Gasteiger partial charge on any atom is 0.241 e. The minimum atomic E-state index is -0.414. The molecule has 1 aliphatic heterocycles. The third kappa shape index (κ3) is 6.62. The summed E-state index contributed by atoms with van der Waals surface area (Å²) >= 11 is 0. The van der Waals surface area contributed by atoms with Crippen LogP contribution in [0.1, 0.15) is 30.5 Å². The highest BCUT2D eigenvalue weighted by molar-refractivity contribution is 5.84. The number of anilines is 2. The highest BCUT2D eigenvalue weighted by atomic mass is 16.5. The first-order chi connectivity index (χ1) is 21.8. The molecule has 1 fully saturated rings. The fourth-order valence-electron chi connectivity index (χ4n) is 6.14. The Morgan fingerprint density at radius 2 is 1.58 bits per heavy atom.